The van der Waals surface area contributed by atoms with Gasteiger partial charge < -0.3 is 9.15 Å². The second kappa shape index (κ2) is 7.20. The van der Waals surface area contributed by atoms with Gasteiger partial charge in [-0.15, -0.1) is 0 Å². The third kappa shape index (κ3) is 3.31. The first-order chi connectivity index (χ1) is 13.2. The van der Waals surface area contributed by atoms with Crippen molar-refractivity contribution in [1.82, 2.24) is 9.80 Å². The highest BCUT2D eigenvalue weighted by Crippen LogP contribution is 2.50. The number of fused-ring (bicyclic) bond motifs is 5. The van der Waals surface area contributed by atoms with Gasteiger partial charge in [0, 0.05) is 27.7 Å². The molecule has 4 amide bonds. The molecular weight excluding hydrogens is 364 g/mol. The summed E-state index contributed by atoms with van der Waals surface area (Å²) in [5, 5.41) is 0. The minimum Gasteiger partial charge on any atom is -0.470 e. The average molecular weight is 389 g/mol. The molecule has 4 atom stereocenters. The number of nitrogens with zero attached hydrogens (tertiary/aromatic N) is 2. The fourth-order valence-corrected chi connectivity index (χ4v) is 3.63. The lowest BCUT2D eigenvalue weighted by Crippen LogP contribution is -2.36. The van der Waals surface area contributed by atoms with Gasteiger partial charge in [-0.3, -0.25) is 29.0 Å². The van der Waals surface area contributed by atoms with Gasteiger partial charge in [0.2, 0.25) is 11.8 Å². The first kappa shape index (κ1) is 19.8. The number of carbonyl (C=O) groups is 4. The third-order valence-corrected chi connectivity index (χ3v) is 5.24. The fourth-order valence-electron chi connectivity index (χ4n) is 3.63. The molecule has 2 bridgehead atoms. The number of aryl methyl sites for hydroxylation is 1. The SMILES string of the molecule is CN1C(=O)C2C3C=CC(C)(O3)C2C1=O.CN1C(=O)C=CC1=O.Cc1ccco1.[2HH]. The van der Waals surface area contributed by atoms with E-state index in [1.54, 1.807) is 13.3 Å². The highest BCUT2D eigenvalue weighted by atomic mass is 16.5. The number of ether oxygens (including phenoxy) is 1. The zero-order valence-electron chi connectivity index (χ0n) is 16.1. The van der Waals surface area contributed by atoms with Gasteiger partial charge in [0.25, 0.3) is 11.8 Å². The van der Waals surface area contributed by atoms with Crippen LogP contribution in [-0.4, -0.2) is 59.2 Å². The summed E-state index contributed by atoms with van der Waals surface area (Å²) in [6, 6.07) is 3.79. The molecule has 0 spiro atoms. The summed E-state index contributed by atoms with van der Waals surface area (Å²) >= 11 is 0. The number of hydrogen-bond donors (Lipinski definition) is 0. The second-order valence-electron chi connectivity index (χ2n) is 7.16. The van der Waals surface area contributed by atoms with Crippen LogP contribution < -0.4 is 0 Å². The number of carbonyl (C=O) groups excluding carboxylic acids is 4. The minimum absolute atomic E-state index is 0. The molecule has 0 saturated carbocycles. The Bertz CT molecular complexity index is 860. The summed E-state index contributed by atoms with van der Waals surface area (Å²) in [5.41, 5.74) is -0.549. The van der Waals surface area contributed by atoms with Crippen molar-refractivity contribution in [2.75, 3.05) is 14.1 Å². The molecule has 5 heterocycles. The van der Waals surface area contributed by atoms with Crippen LogP contribution in [0.25, 0.3) is 0 Å². The van der Waals surface area contributed by atoms with E-state index in [2.05, 4.69) is 0 Å². The summed E-state index contributed by atoms with van der Waals surface area (Å²) in [4.78, 5) is 46.6. The number of furan rings is 1. The molecule has 4 unspecified atom stereocenters. The molecule has 8 nitrogen and oxygen atoms in total. The van der Waals surface area contributed by atoms with Gasteiger partial charge >= 0.3 is 0 Å². The molecule has 0 N–H and O–H groups in total. The molecule has 0 aromatic carbocycles. The smallest absolute Gasteiger partial charge is 0.253 e. The second-order valence-corrected chi connectivity index (χ2v) is 7.16. The lowest BCUT2D eigenvalue weighted by atomic mass is 9.78. The lowest BCUT2D eigenvalue weighted by Gasteiger charge is -2.22. The van der Waals surface area contributed by atoms with E-state index >= 15 is 0 Å². The van der Waals surface area contributed by atoms with Crippen molar-refractivity contribution in [2.24, 2.45) is 11.8 Å². The van der Waals surface area contributed by atoms with Crippen LogP contribution in [0.5, 0.6) is 0 Å². The molecule has 0 radical (unpaired) electrons. The summed E-state index contributed by atoms with van der Waals surface area (Å²) in [5.74, 6) is -0.287. The van der Waals surface area contributed by atoms with E-state index in [9.17, 15) is 19.2 Å². The van der Waals surface area contributed by atoms with Crippen LogP contribution in [0.2, 0.25) is 0 Å². The molecule has 4 aliphatic rings. The van der Waals surface area contributed by atoms with Gasteiger partial charge in [0.15, 0.2) is 0 Å². The summed E-state index contributed by atoms with van der Waals surface area (Å²) in [6.45, 7) is 3.79. The molecule has 8 heteroatoms. The van der Waals surface area contributed by atoms with Crippen molar-refractivity contribution in [3.05, 3.63) is 48.5 Å². The van der Waals surface area contributed by atoms with E-state index in [4.69, 9.17) is 9.15 Å². The molecular formula is C20H24N2O6. The van der Waals surface area contributed by atoms with E-state index in [1.807, 2.05) is 38.1 Å². The fraction of sp³-hybridized carbons (Fsp3) is 0.400. The van der Waals surface area contributed by atoms with Crippen LogP contribution >= 0.6 is 0 Å². The third-order valence-electron chi connectivity index (χ3n) is 5.24. The minimum atomic E-state index is -0.549. The topological polar surface area (TPSA) is 97.1 Å². The van der Waals surface area contributed by atoms with Crippen molar-refractivity contribution in [3.8, 4) is 0 Å². The van der Waals surface area contributed by atoms with Gasteiger partial charge in [-0.1, -0.05) is 12.2 Å². The highest BCUT2D eigenvalue weighted by molar-refractivity contribution is 6.12. The quantitative estimate of drug-likeness (QED) is 0.490. The number of amides is 4. The standard InChI is InChI=1S/C10H11NO3.C5H5NO2.C5H6O.H2/c1-10-4-3-5(14-10)6-7(10)9(13)11(2)8(6)12;1-6-4(7)2-3-5(6)8;1-5-3-2-4-6-5;/h3-7H,1-2H3;2-3H,1H3;2-4H,1H3;1H/i;;;1+1. The molecule has 150 valence electrons. The van der Waals surface area contributed by atoms with Gasteiger partial charge in [-0.2, -0.15) is 0 Å². The molecule has 2 saturated heterocycles. The number of likely N-dealkylation sites (N-methyl/N-ethyl adjacent to an activating group) is 1. The average Bonchev–Trinajstić information content (AvgIpc) is 3.45. The number of rotatable bonds is 0. The van der Waals surface area contributed by atoms with Gasteiger partial charge in [-0.25, -0.2) is 0 Å². The Morgan fingerprint density at radius 1 is 1.04 bits per heavy atom. The first-order valence-corrected chi connectivity index (χ1v) is 8.84. The number of imide groups is 2. The van der Waals surface area contributed by atoms with E-state index in [0.29, 0.717) is 0 Å². The zero-order chi connectivity index (χ0) is 20.6. The van der Waals surface area contributed by atoms with Crippen LogP contribution in [0.4, 0.5) is 0 Å². The summed E-state index contributed by atoms with van der Waals surface area (Å²) < 4.78 is 10.5. The maximum atomic E-state index is 11.8. The Labute approximate surface area is 163 Å². The molecule has 1 aromatic rings. The highest BCUT2D eigenvalue weighted by Gasteiger charge is 2.64. The maximum absolute atomic E-state index is 11.8. The number of hydrogen-bond acceptors (Lipinski definition) is 6. The predicted octanol–water partition coefficient (Wildman–Crippen LogP) is 1.32. The van der Waals surface area contributed by atoms with E-state index in [-0.39, 0.29) is 43.0 Å². The monoisotopic (exact) mass is 389 g/mol. The van der Waals surface area contributed by atoms with Crippen LogP contribution in [0.1, 0.15) is 14.1 Å². The van der Waals surface area contributed by atoms with E-state index < -0.39 is 5.60 Å². The molecule has 0 aliphatic carbocycles. The predicted molar refractivity (Wildman–Crippen MR) is 99.7 cm³/mol. The normalized spacial score (nSPS) is 31.8. The van der Waals surface area contributed by atoms with Crippen LogP contribution in [-0.2, 0) is 23.9 Å². The van der Waals surface area contributed by atoms with Crippen molar-refractivity contribution >= 4 is 23.6 Å². The molecule has 2 fully saturated rings. The lowest BCUT2D eigenvalue weighted by molar-refractivity contribution is -0.142. The summed E-state index contributed by atoms with van der Waals surface area (Å²) in [6.07, 6.45) is 7.78. The first-order valence-electron chi connectivity index (χ1n) is 8.84. The molecule has 1 aromatic heterocycles. The Hall–Kier alpha value is -3.00. The molecule has 5 rings (SSSR count). The molecule has 28 heavy (non-hydrogen) atoms. The molecule has 4 aliphatic heterocycles. The number of likely N-dealkylation sites (tertiary alicyclic amines) is 1. The van der Waals surface area contributed by atoms with Crippen molar-refractivity contribution in [1.29, 1.82) is 0 Å². The Morgan fingerprint density at radius 2 is 1.68 bits per heavy atom. The van der Waals surface area contributed by atoms with Crippen LogP contribution in [0.3, 0.4) is 0 Å². The van der Waals surface area contributed by atoms with Crippen molar-refractivity contribution in [2.45, 2.75) is 25.6 Å². The van der Waals surface area contributed by atoms with Gasteiger partial charge in [0.05, 0.1) is 29.8 Å². The largest absolute Gasteiger partial charge is 0.470 e. The van der Waals surface area contributed by atoms with Crippen LogP contribution in [0.15, 0.2) is 47.1 Å². The van der Waals surface area contributed by atoms with Gasteiger partial charge in [-0.05, 0) is 26.0 Å². The van der Waals surface area contributed by atoms with E-state index in [1.165, 1.54) is 24.1 Å². The maximum Gasteiger partial charge on any atom is 0.253 e. The van der Waals surface area contributed by atoms with Gasteiger partial charge in [0.1, 0.15) is 5.76 Å². The summed E-state index contributed by atoms with van der Waals surface area (Å²) in [7, 11) is 3.00. The van der Waals surface area contributed by atoms with Crippen molar-refractivity contribution < 1.29 is 29.8 Å². The Balaban J connectivity index is 0.000000171. The van der Waals surface area contributed by atoms with Crippen molar-refractivity contribution in [3.63, 3.8) is 0 Å². The van der Waals surface area contributed by atoms with Crippen LogP contribution in [0, 0.1) is 18.8 Å². The Kier molecular flexibility index (Phi) is 5.08. The van der Waals surface area contributed by atoms with E-state index in [0.717, 1.165) is 10.7 Å². The Morgan fingerprint density at radius 3 is 2.07 bits per heavy atom. The zero-order valence-corrected chi connectivity index (χ0v) is 16.1.